The first-order valence-electron chi connectivity index (χ1n) is 7.14. The molecule has 3 nitrogen and oxygen atoms in total. The summed E-state index contributed by atoms with van der Waals surface area (Å²) in [5, 5.41) is 18.4. The van der Waals surface area contributed by atoms with E-state index in [1.165, 1.54) is 6.07 Å². The summed E-state index contributed by atoms with van der Waals surface area (Å²) >= 11 is 0.860. The van der Waals surface area contributed by atoms with Gasteiger partial charge in [-0.1, -0.05) is 42.0 Å². The third-order valence-electron chi connectivity index (χ3n) is 3.63. The average molecular weight is 337 g/mol. The molecule has 3 aromatic rings. The van der Waals surface area contributed by atoms with Crippen LogP contribution in [0, 0.1) is 24.1 Å². The van der Waals surface area contributed by atoms with E-state index in [1.54, 1.807) is 18.2 Å². The fraction of sp³-hybridized carbons (Fsp3) is 0.0526. The van der Waals surface area contributed by atoms with Crippen molar-refractivity contribution in [3.63, 3.8) is 0 Å². The van der Waals surface area contributed by atoms with Crippen molar-refractivity contribution >= 4 is 17.3 Å². The van der Waals surface area contributed by atoms with E-state index < -0.39 is 11.8 Å². The van der Waals surface area contributed by atoms with Crippen LogP contribution in [0.25, 0.3) is 21.6 Å². The Hall–Kier alpha value is -2.97. The number of hydrogen-bond donors (Lipinski definition) is 1. The number of rotatable bonds is 3. The van der Waals surface area contributed by atoms with Crippen molar-refractivity contribution in [1.82, 2.24) is 0 Å². The largest absolute Gasteiger partial charge is 0.477 e. The number of nitriles is 1. The van der Waals surface area contributed by atoms with Gasteiger partial charge in [0.1, 0.15) is 10.7 Å². The molecular weight excluding hydrogens is 325 g/mol. The molecule has 0 spiro atoms. The fourth-order valence-electron chi connectivity index (χ4n) is 2.51. The molecule has 1 heterocycles. The summed E-state index contributed by atoms with van der Waals surface area (Å²) in [4.78, 5) is 11.1. The number of carboxylic acids is 1. The van der Waals surface area contributed by atoms with E-state index in [9.17, 15) is 14.4 Å². The molecule has 0 aliphatic rings. The van der Waals surface area contributed by atoms with Gasteiger partial charge in [-0.15, -0.1) is 11.3 Å². The Morgan fingerprint density at radius 2 is 1.96 bits per heavy atom. The fourth-order valence-corrected chi connectivity index (χ4v) is 3.38. The molecule has 2 aromatic carbocycles. The molecule has 3 rings (SSSR count). The maximum absolute atomic E-state index is 13.7. The molecule has 0 aliphatic heterocycles. The Kier molecular flexibility index (Phi) is 4.15. The molecule has 24 heavy (non-hydrogen) atoms. The Bertz CT molecular complexity index is 985. The van der Waals surface area contributed by atoms with Crippen molar-refractivity contribution in [1.29, 1.82) is 5.26 Å². The third-order valence-corrected chi connectivity index (χ3v) is 4.78. The van der Waals surface area contributed by atoms with Crippen molar-refractivity contribution in [3.8, 4) is 27.6 Å². The highest BCUT2D eigenvalue weighted by Gasteiger charge is 2.17. The summed E-state index contributed by atoms with van der Waals surface area (Å²) in [6, 6.07) is 16.4. The van der Waals surface area contributed by atoms with Crippen LogP contribution in [0.2, 0.25) is 0 Å². The van der Waals surface area contributed by atoms with Crippen LogP contribution in [-0.2, 0) is 0 Å². The van der Waals surface area contributed by atoms with E-state index in [0.29, 0.717) is 16.0 Å². The van der Waals surface area contributed by atoms with Crippen molar-refractivity contribution in [3.05, 3.63) is 70.4 Å². The minimum absolute atomic E-state index is 0.328. The summed E-state index contributed by atoms with van der Waals surface area (Å²) in [5.74, 6) is -2.05. The SMILES string of the molecule is Cc1cccc(-c2ccc(-c3cc(F)c(C(=O)O)s3)cc2C#N)c1. The highest BCUT2D eigenvalue weighted by molar-refractivity contribution is 7.17. The molecule has 0 amide bonds. The van der Waals surface area contributed by atoms with Gasteiger partial charge in [0.25, 0.3) is 0 Å². The third kappa shape index (κ3) is 2.92. The van der Waals surface area contributed by atoms with Gasteiger partial charge in [0.2, 0.25) is 0 Å². The normalized spacial score (nSPS) is 10.4. The molecule has 0 saturated heterocycles. The molecule has 0 aliphatic carbocycles. The summed E-state index contributed by atoms with van der Waals surface area (Å²) < 4.78 is 13.7. The number of benzene rings is 2. The standard InChI is InChI=1S/C19H12FNO2S/c1-11-3-2-4-12(7-11)15-6-5-13(8-14(15)10-21)17-9-16(20)18(24-17)19(22)23/h2-9H,1H3,(H,22,23). The van der Waals surface area contributed by atoms with Crippen LogP contribution >= 0.6 is 11.3 Å². The Labute approximate surface area is 142 Å². The van der Waals surface area contributed by atoms with E-state index in [1.807, 2.05) is 31.2 Å². The number of aromatic carboxylic acids is 1. The maximum Gasteiger partial charge on any atom is 0.348 e. The molecule has 1 aromatic heterocycles. The van der Waals surface area contributed by atoms with E-state index in [0.717, 1.165) is 28.0 Å². The van der Waals surface area contributed by atoms with Gasteiger partial charge in [0, 0.05) is 4.88 Å². The first-order chi connectivity index (χ1) is 11.5. The molecular formula is C19H12FNO2S. The Morgan fingerprint density at radius 3 is 2.58 bits per heavy atom. The highest BCUT2D eigenvalue weighted by Crippen LogP contribution is 2.34. The summed E-state index contributed by atoms with van der Waals surface area (Å²) in [6.45, 7) is 1.98. The van der Waals surface area contributed by atoms with Crippen LogP contribution in [0.4, 0.5) is 4.39 Å². The zero-order valence-electron chi connectivity index (χ0n) is 12.7. The van der Waals surface area contributed by atoms with Gasteiger partial charge in [0.15, 0.2) is 0 Å². The number of thiophene rings is 1. The number of aryl methyl sites for hydroxylation is 1. The van der Waals surface area contributed by atoms with Crippen molar-refractivity contribution < 1.29 is 14.3 Å². The molecule has 0 bridgehead atoms. The predicted octanol–water partition coefficient (Wildman–Crippen LogP) is 5.10. The molecule has 1 N–H and O–H groups in total. The molecule has 5 heteroatoms. The molecule has 0 atom stereocenters. The lowest BCUT2D eigenvalue weighted by Gasteiger charge is -2.07. The quantitative estimate of drug-likeness (QED) is 0.723. The van der Waals surface area contributed by atoms with Gasteiger partial charge in [0.05, 0.1) is 11.6 Å². The summed E-state index contributed by atoms with van der Waals surface area (Å²) in [7, 11) is 0. The average Bonchev–Trinajstić information content (AvgIpc) is 2.96. The van der Waals surface area contributed by atoms with Crippen molar-refractivity contribution in [2.45, 2.75) is 6.92 Å². The number of carbonyl (C=O) groups is 1. The monoisotopic (exact) mass is 337 g/mol. The van der Waals surface area contributed by atoms with Crippen LogP contribution in [0.5, 0.6) is 0 Å². The van der Waals surface area contributed by atoms with Gasteiger partial charge in [-0.25, -0.2) is 9.18 Å². The van der Waals surface area contributed by atoms with Crippen LogP contribution in [-0.4, -0.2) is 11.1 Å². The molecule has 0 fully saturated rings. The van der Waals surface area contributed by atoms with E-state index in [-0.39, 0.29) is 4.88 Å². The second-order valence-corrected chi connectivity index (χ2v) is 6.39. The predicted molar refractivity (Wildman–Crippen MR) is 91.6 cm³/mol. The first-order valence-corrected chi connectivity index (χ1v) is 7.95. The minimum Gasteiger partial charge on any atom is -0.477 e. The lowest BCUT2D eigenvalue weighted by molar-refractivity contribution is 0.0697. The van der Waals surface area contributed by atoms with Crippen LogP contribution < -0.4 is 0 Å². The number of nitrogens with zero attached hydrogens (tertiary/aromatic N) is 1. The Balaban J connectivity index is 2.09. The Morgan fingerprint density at radius 1 is 1.17 bits per heavy atom. The number of hydrogen-bond acceptors (Lipinski definition) is 3. The first kappa shape index (κ1) is 15.9. The second-order valence-electron chi connectivity index (χ2n) is 5.33. The topological polar surface area (TPSA) is 61.1 Å². The van der Waals surface area contributed by atoms with Gasteiger partial charge < -0.3 is 5.11 Å². The lowest BCUT2D eigenvalue weighted by atomic mass is 9.96. The van der Waals surface area contributed by atoms with E-state index in [4.69, 9.17) is 5.11 Å². The highest BCUT2D eigenvalue weighted by atomic mass is 32.1. The molecule has 118 valence electrons. The molecule has 0 unspecified atom stereocenters. The molecule has 0 radical (unpaired) electrons. The van der Waals surface area contributed by atoms with Gasteiger partial charge in [-0.3, -0.25) is 0 Å². The smallest absolute Gasteiger partial charge is 0.348 e. The van der Waals surface area contributed by atoms with E-state index >= 15 is 0 Å². The number of halogens is 1. The van der Waals surface area contributed by atoms with Crippen molar-refractivity contribution in [2.24, 2.45) is 0 Å². The van der Waals surface area contributed by atoms with Gasteiger partial charge >= 0.3 is 5.97 Å². The van der Waals surface area contributed by atoms with Crippen LogP contribution in [0.1, 0.15) is 20.8 Å². The van der Waals surface area contributed by atoms with Crippen LogP contribution in [0.3, 0.4) is 0 Å². The van der Waals surface area contributed by atoms with Gasteiger partial charge in [-0.05, 0) is 35.7 Å². The number of carboxylic acid groups (broad SMARTS) is 1. The molecule has 0 saturated carbocycles. The summed E-state index contributed by atoms with van der Waals surface area (Å²) in [5.41, 5.74) is 3.90. The summed E-state index contributed by atoms with van der Waals surface area (Å²) in [6.07, 6.45) is 0. The van der Waals surface area contributed by atoms with Crippen LogP contribution in [0.15, 0.2) is 48.5 Å². The zero-order valence-corrected chi connectivity index (χ0v) is 13.5. The van der Waals surface area contributed by atoms with Crippen molar-refractivity contribution in [2.75, 3.05) is 0 Å². The minimum atomic E-state index is -1.29. The maximum atomic E-state index is 13.7. The lowest BCUT2D eigenvalue weighted by Crippen LogP contribution is -1.93. The van der Waals surface area contributed by atoms with E-state index in [2.05, 4.69) is 6.07 Å². The second kappa shape index (κ2) is 6.26. The zero-order chi connectivity index (χ0) is 17.3. The van der Waals surface area contributed by atoms with Gasteiger partial charge in [-0.2, -0.15) is 5.26 Å².